The predicted octanol–water partition coefficient (Wildman–Crippen LogP) is 2.11. The highest BCUT2D eigenvalue weighted by atomic mass is 15.3. The molecule has 0 amide bonds. The number of para-hydroxylation sites is 1. The predicted molar refractivity (Wildman–Crippen MR) is 74.5 cm³/mol. The van der Waals surface area contributed by atoms with Gasteiger partial charge < -0.3 is 10.6 Å². The zero-order chi connectivity index (χ0) is 12.6. The zero-order valence-corrected chi connectivity index (χ0v) is 11.3. The van der Waals surface area contributed by atoms with Crippen molar-refractivity contribution in [3.05, 3.63) is 23.8 Å². The molecule has 3 nitrogen and oxygen atoms in total. The van der Waals surface area contributed by atoms with Crippen LogP contribution in [-0.2, 0) is 0 Å². The van der Waals surface area contributed by atoms with Gasteiger partial charge in [-0.25, -0.2) is 0 Å². The summed E-state index contributed by atoms with van der Waals surface area (Å²) < 4.78 is 0. The van der Waals surface area contributed by atoms with Crippen molar-refractivity contribution in [2.24, 2.45) is 0 Å². The molecule has 17 heavy (non-hydrogen) atoms. The Morgan fingerprint density at radius 1 is 1.18 bits per heavy atom. The minimum atomic E-state index is 0.567. The highest BCUT2D eigenvalue weighted by Crippen LogP contribution is 2.30. The van der Waals surface area contributed by atoms with Crippen LogP contribution in [0.4, 0.5) is 11.4 Å². The number of nitrogen functional groups attached to an aromatic ring is 1. The maximum absolute atomic E-state index is 6.12. The van der Waals surface area contributed by atoms with E-state index in [0.717, 1.165) is 18.8 Å². The van der Waals surface area contributed by atoms with E-state index < -0.39 is 0 Å². The van der Waals surface area contributed by atoms with Gasteiger partial charge in [0.25, 0.3) is 0 Å². The SMILES string of the molecule is Cc1cccc(N)c1N1CC(C)N(C)C(C)C1. The quantitative estimate of drug-likeness (QED) is 0.754. The molecule has 0 saturated carbocycles. The van der Waals surface area contributed by atoms with E-state index >= 15 is 0 Å². The monoisotopic (exact) mass is 233 g/mol. The van der Waals surface area contributed by atoms with E-state index in [4.69, 9.17) is 5.73 Å². The number of nitrogens with zero attached hydrogens (tertiary/aromatic N) is 2. The molecule has 94 valence electrons. The van der Waals surface area contributed by atoms with E-state index in [1.165, 1.54) is 11.3 Å². The van der Waals surface area contributed by atoms with Crippen molar-refractivity contribution in [1.29, 1.82) is 0 Å². The fraction of sp³-hybridized carbons (Fsp3) is 0.571. The van der Waals surface area contributed by atoms with Gasteiger partial charge >= 0.3 is 0 Å². The number of hydrogen-bond donors (Lipinski definition) is 1. The molecule has 1 aromatic carbocycles. The van der Waals surface area contributed by atoms with E-state index in [0.29, 0.717) is 12.1 Å². The molecule has 2 rings (SSSR count). The Morgan fingerprint density at radius 2 is 1.76 bits per heavy atom. The number of hydrogen-bond acceptors (Lipinski definition) is 3. The lowest BCUT2D eigenvalue weighted by atomic mass is 10.1. The van der Waals surface area contributed by atoms with E-state index in [-0.39, 0.29) is 0 Å². The molecule has 2 unspecified atom stereocenters. The number of likely N-dealkylation sites (N-methyl/N-ethyl adjacent to an activating group) is 1. The molecule has 0 aromatic heterocycles. The first-order valence-electron chi connectivity index (χ1n) is 6.32. The van der Waals surface area contributed by atoms with Gasteiger partial charge in [-0.2, -0.15) is 0 Å². The van der Waals surface area contributed by atoms with E-state index in [1.807, 2.05) is 12.1 Å². The van der Waals surface area contributed by atoms with Crippen LogP contribution in [0.25, 0.3) is 0 Å². The summed E-state index contributed by atoms with van der Waals surface area (Å²) in [5.74, 6) is 0. The van der Waals surface area contributed by atoms with Crippen molar-refractivity contribution in [2.45, 2.75) is 32.9 Å². The normalized spacial score (nSPS) is 26.2. The molecular weight excluding hydrogens is 210 g/mol. The summed E-state index contributed by atoms with van der Waals surface area (Å²) in [5.41, 5.74) is 9.51. The number of piperazine rings is 1. The third-order valence-electron chi connectivity index (χ3n) is 3.94. The molecule has 2 N–H and O–H groups in total. The molecule has 3 heteroatoms. The molecule has 0 radical (unpaired) electrons. The first-order valence-corrected chi connectivity index (χ1v) is 6.32. The van der Waals surface area contributed by atoms with Crippen molar-refractivity contribution in [3.8, 4) is 0 Å². The number of nitrogens with two attached hydrogens (primary N) is 1. The summed E-state index contributed by atoms with van der Waals surface area (Å²) >= 11 is 0. The Labute approximate surface area is 104 Å². The van der Waals surface area contributed by atoms with Gasteiger partial charge in [0.1, 0.15) is 0 Å². The molecule has 1 heterocycles. The van der Waals surface area contributed by atoms with Gasteiger partial charge in [-0.3, -0.25) is 4.90 Å². The average Bonchev–Trinajstić information content (AvgIpc) is 2.25. The molecule has 1 aliphatic rings. The lowest BCUT2D eigenvalue weighted by Gasteiger charge is -2.44. The van der Waals surface area contributed by atoms with Gasteiger partial charge in [-0.15, -0.1) is 0 Å². The van der Waals surface area contributed by atoms with Crippen LogP contribution in [0.3, 0.4) is 0 Å². The molecule has 1 aliphatic heterocycles. The number of rotatable bonds is 1. The van der Waals surface area contributed by atoms with Crippen LogP contribution in [0.1, 0.15) is 19.4 Å². The molecule has 0 bridgehead atoms. The van der Waals surface area contributed by atoms with E-state index in [1.54, 1.807) is 0 Å². The summed E-state index contributed by atoms with van der Waals surface area (Å²) in [5, 5.41) is 0. The largest absolute Gasteiger partial charge is 0.397 e. The third kappa shape index (κ3) is 2.25. The van der Waals surface area contributed by atoms with Gasteiger partial charge in [0, 0.05) is 25.2 Å². The second-order valence-corrected chi connectivity index (χ2v) is 5.28. The number of benzene rings is 1. The van der Waals surface area contributed by atoms with Crippen LogP contribution >= 0.6 is 0 Å². The second kappa shape index (κ2) is 4.57. The molecule has 2 atom stereocenters. The van der Waals surface area contributed by atoms with Crippen LogP contribution in [0.2, 0.25) is 0 Å². The van der Waals surface area contributed by atoms with E-state index in [9.17, 15) is 0 Å². The van der Waals surface area contributed by atoms with Gasteiger partial charge in [-0.05, 0) is 39.4 Å². The standard InChI is InChI=1S/C14H23N3/c1-10-6-5-7-13(15)14(10)17-8-11(2)16(4)12(3)9-17/h5-7,11-12H,8-9,15H2,1-4H3. The van der Waals surface area contributed by atoms with Crippen LogP contribution in [0, 0.1) is 6.92 Å². The lowest BCUT2D eigenvalue weighted by molar-refractivity contribution is 0.170. The van der Waals surface area contributed by atoms with Gasteiger partial charge in [-0.1, -0.05) is 12.1 Å². The maximum Gasteiger partial charge on any atom is 0.0630 e. The Hall–Kier alpha value is -1.22. The summed E-state index contributed by atoms with van der Waals surface area (Å²) in [6, 6.07) is 7.29. The highest BCUT2D eigenvalue weighted by Gasteiger charge is 2.27. The van der Waals surface area contributed by atoms with Crippen LogP contribution in [0.15, 0.2) is 18.2 Å². The Kier molecular flexibility index (Phi) is 3.29. The number of aryl methyl sites for hydroxylation is 1. The smallest absolute Gasteiger partial charge is 0.0630 e. The van der Waals surface area contributed by atoms with Crippen molar-refractivity contribution < 1.29 is 0 Å². The van der Waals surface area contributed by atoms with Crippen molar-refractivity contribution in [1.82, 2.24) is 4.90 Å². The lowest BCUT2D eigenvalue weighted by Crippen LogP contribution is -2.55. The summed E-state index contributed by atoms with van der Waals surface area (Å²) in [7, 11) is 2.20. The Balaban J connectivity index is 2.29. The minimum absolute atomic E-state index is 0.567. The molecule has 0 spiro atoms. The fourth-order valence-electron chi connectivity index (χ4n) is 2.70. The van der Waals surface area contributed by atoms with Gasteiger partial charge in [0.15, 0.2) is 0 Å². The van der Waals surface area contributed by atoms with Crippen molar-refractivity contribution in [3.63, 3.8) is 0 Å². The highest BCUT2D eigenvalue weighted by molar-refractivity contribution is 5.71. The molecule has 1 aromatic rings. The second-order valence-electron chi connectivity index (χ2n) is 5.28. The van der Waals surface area contributed by atoms with Crippen molar-refractivity contribution in [2.75, 3.05) is 30.8 Å². The summed E-state index contributed by atoms with van der Waals surface area (Å²) in [6.45, 7) is 8.79. The Bertz CT molecular complexity index is 370. The number of anilines is 2. The van der Waals surface area contributed by atoms with Crippen LogP contribution in [0.5, 0.6) is 0 Å². The average molecular weight is 233 g/mol. The third-order valence-corrected chi connectivity index (χ3v) is 3.94. The minimum Gasteiger partial charge on any atom is -0.397 e. The Morgan fingerprint density at radius 3 is 2.29 bits per heavy atom. The van der Waals surface area contributed by atoms with Gasteiger partial charge in [0.2, 0.25) is 0 Å². The molecule has 0 aliphatic carbocycles. The first-order chi connectivity index (χ1) is 8.00. The van der Waals surface area contributed by atoms with E-state index in [2.05, 4.69) is 43.7 Å². The topological polar surface area (TPSA) is 32.5 Å². The molecular formula is C14H23N3. The molecule has 1 saturated heterocycles. The van der Waals surface area contributed by atoms with Gasteiger partial charge in [0.05, 0.1) is 11.4 Å². The fourth-order valence-corrected chi connectivity index (χ4v) is 2.70. The first kappa shape index (κ1) is 12.2. The molecule has 1 fully saturated rings. The van der Waals surface area contributed by atoms with Crippen molar-refractivity contribution >= 4 is 11.4 Å². The summed E-state index contributed by atoms with van der Waals surface area (Å²) in [4.78, 5) is 4.87. The van der Waals surface area contributed by atoms with Crippen LogP contribution < -0.4 is 10.6 Å². The zero-order valence-electron chi connectivity index (χ0n) is 11.3. The maximum atomic E-state index is 6.12. The van der Waals surface area contributed by atoms with Crippen LogP contribution in [-0.4, -0.2) is 37.1 Å². The summed E-state index contributed by atoms with van der Waals surface area (Å²) in [6.07, 6.45) is 0.